The number of furan rings is 1. The minimum atomic E-state index is 0.286. The molecule has 0 saturated heterocycles. The van der Waals surface area contributed by atoms with Crippen LogP contribution in [0.5, 0.6) is 5.75 Å². The van der Waals surface area contributed by atoms with Crippen molar-refractivity contribution in [1.29, 1.82) is 0 Å². The van der Waals surface area contributed by atoms with Gasteiger partial charge in [-0.3, -0.25) is 0 Å². The SMILES string of the molecule is CC(C)c1cc2cc(OC3CC(N)C3)ccc2o1. The summed E-state index contributed by atoms with van der Waals surface area (Å²) in [6.07, 6.45) is 2.20. The summed E-state index contributed by atoms with van der Waals surface area (Å²) < 4.78 is 11.6. The standard InChI is InChI=1S/C15H19NO2/c1-9(2)15-6-10-5-12(3-4-14(10)18-15)17-13-7-11(16)8-13/h3-6,9,11,13H,7-8,16H2,1-2H3. The summed E-state index contributed by atoms with van der Waals surface area (Å²) in [5.74, 6) is 2.34. The van der Waals surface area contributed by atoms with Crippen molar-refractivity contribution in [1.82, 2.24) is 0 Å². The van der Waals surface area contributed by atoms with E-state index in [0.717, 1.165) is 35.3 Å². The van der Waals surface area contributed by atoms with Gasteiger partial charge in [-0.05, 0) is 37.1 Å². The maximum atomic E-state index is 5.88. The third-order valence-corrected chi connectivity index (χ3v) is 3.51. The Bertz CT molecular complexity index is 553. The van der Waals surface area contributed by atoms with Crippen LogP contribution < -0.4 is 10.5 Å². The average molecular weight is 245 g/mol. The van der Waals surface area contributed by atoms with Gasteiger partial charge in [-0.2, -0.15) is 0 Å². The van der Waals surface area contributed by atoms with Crippen LogP contribution in [0.3, 0.4) is 0 Å². The molecule has 18 heavy (non-hydrogen) atoms. The summed E-state index contributed by atoms with van der Waals surface area (Å²) in [5.41, 5.74) is 6.68. The van der Waals surface area contributed by atoms with Crippen molar-refractivity contribution in [2.45, 2.75) is 44.8 Å². The molecule has 0 bridgehead atoms. The van der Waals surface area contributed by atoms with E-state index < -0.39 is 0 Å². The highest BCUT2D eigenvalue weighted by atomic mass is 16.5. The zero-order chi connectivity index (χ0) is 12.7. The molecule has 1 aliphatic rings. The van der Waals surface area contributed by atoms with E-state index >= 15 is 0 Å². The Kier molecular flexibility index (Phi) is 2.78. The monoisotopic (exact) mass is 245 g/mol. The van der Waals surface area contributed by atoms with Crippen molar-refractivity contribution in [3.63, 3.8) is 0 Å². The number of hydrogen-bond acceptors (Lipinski definition) is 3. The minimum Gasteiger partial charge on any atom is -0.490 e. The minimum absolute atomic E-state index is 0.286. The smallest absolute Gasteiger partial charge is 0.134 e. The van der Waals surface area contributed by atoms with Crippen LogP contribution in [-0.4, -0.2) is 12.1 Å². The van der Waals surface area contributed by atoms with E-state index in [2.05, 4.69) is 26.0 Å². The van der Waals surface area contributed by atoms with Gasteiger partial charge < -0.3 is 14.9 Å². The molecular weight excluding hydrogens is 226 g/mol. The summed E-state index contributed by atoms with van der Waals surface area (Å²) in [6, 6.07) is 8.42. The van der Waals surface area contributed by atoms with Crippen molar-refractivity contribution < 1.29 is 9.15 Å². The molecule has 0 radical (unpaired) electrons. The van der Waals surface area contributed by atoms with Gasteiger partial charge in [-0.15, -0.1) is 0 Å². The molecule has 2 N–H and O–H groups in total. The molecule has 2 aromatic rings. The third kappa shape index (κ3) is 2.10. The van der Waals surface area contributed by atoms with E-state index in [0.29, 0.717) is 12.0 Å². The molecule has 1 heterocycles. The maximum absolute atomic E-state index is 5.88. The van der Waals surface area contributed by atoms with Crippen LogP contribution in [0.2, 0.25) is 0 Å². The summed E-state index contributed by atoms with van der Waals surface area (Å²) in [7, 11) is 0. The number of rotatable bonds is 3. The normalized spacial score (nSPS) is 23.3. The Balaban J connectivity index is 1.81. The van der Waals surface area contributed by atoms with Crippen LogP contribution in [0.25, 0.3) is 11.0 Å². The summed E-state index contributed by atoms with van der Waals surface area (Å²) in [5, 5.41) is 1.11. The highest BCUT2D eigenvalue weighted by Crippen LogP contribution is 2.30. The Morgan fingerprint density at radius 2 is 2.06 bits per heavy atom. The molecule has 0 unspecified atom stereocenters. The van der Waals surface area contributed by atoms with E-state index in [1.165, 1.54) is 0 Å². The van der Waals surface area contributed by atoms with Crippen molar-refractivity contribution in [2.75, 3.05) is 0 Å². The van der Waals surface area contributed by atoms with Crippen molar-refractivity contribution >= 4 is 11.0 Å². The number of nitrogens with two attached hydrogens (primary N) is 1. The second-order valence-corrected chi connectivity index (χ2v) is 5.47. The highest BCUT2D eigenvalue weighted by Gasteiger charge is 2.27. The first kappa shape index (κ1) is 11.6. The Hall–Kier alpha value is -1.48. The number of fused-ring (bicyclic) bond motifs is 1. The summed E-state index contributed by atoms with van der Waals surface area (Å²) >= 11 is 0. The van der Waals surface area contributed by atoms with E-state index in [4.69, 9.17) is 14.9 Å². The Labute approximate surface area is 107 Å². The Morgan fingerprint density at radius 3 is 2.72 bits per heavy atom. The van der Waals surface area contributed by atoms with Gasteiger partial charge in [0.1, 0.15) is 23.2 Å². The fourth-order valence-corrected chi connectivity index (χ4v) is 2.29. The maximum Gasteiger partial charge on any atom is 0.134 e. The number of ether oxygens (including phenoxy) is 1. The van der Waals surface area contributed by atoms with E-state index in [-0.39, 0.29) is 6.10 Å². The van der Waals surface area contributed by atoms with Crippen molar-refractivity contribution in [3.05, 3.63) is 30.0 Å². The van der Waals surface area contributed by atoms with Crippen LogP contribution in [0.4, 0.5) is 0 Å². The quantitative estimate of drug-likeness (QED) is 0.901. The lowest BCUT2D eigenvalue weighted by Gasteiger charge is -2.32. The molecule has 3 nitrogen and oxygen atoms in total. The fourth-order valence-electron chi connectivity index (χ4n) is 2.29. The lowest BCUT2D eigenvalue weighted by molar-refractivity contribution is 0.101. The average Bonchev–Trinajstić information content (AvgIpc) is 2.70. The van der Waals surface area contributed by atoms with Gasteiger partial charge >= 0.3 is 0 Å². The number of benzene rings is 1. The van der Waals surface area contributed by atoms with Gasteiger partial charge in [-0.1, -0.05) is 13.8 Å². The van der Waals surface area contributed by atoms with Gasteiger partial charge in [0.05, 0.1) is 0 Å². The molecule has 0 amide bonds. The second-order valence-electron chi connectivity index (χ2n) is 5.47. The van der Waals surface area contributed by atoms with E-state index in [1.54, 1.807) is 0 Å². The van der Waals surface area contributed by atoms with Gasteiger partial charge in [0.15, 0.2) is 0 Å². The first-order chi connectivity index (χ1) is 8.61. The van der Waals surface area contributed by atoms with Crippen LogP contribution in [0.1, 0.15) is 38.4 Å². The highest BCUT2D eigenvalue weighted by molar-refractivity contribution is 5.79. The van der Waals surface area contributed by atoms with Gasteiger partial charge in [0.2, 0.25) is 0 Å². The molecule has 0 atom stereocenters. The molecule has 3 rings (SSSR count). The predicted molar refractivity (Wildman–Crippen MR) is 71.9 cm³/mol. The molecule has 1 aliphatic carbocycles. The first-order valence-corrected chi connectivity index (χ1v) is 6.57. The van der Waals surface area contributed by atoms with Gasteiger partial charge in [0, 0.05) is 17.3 Å². The third-order valence-electron chi connectivity index (χ3n) is 3.51. The molecule has 1 saturated carbocycles. The molecule has 1 aromatic heterocycles. The summed E-state index contributed by atoms with van der Waals surface area (Å²) in [6.45, 7) is 4.26. The Morgan fingerprint density at radius 1 is 1.28 bits per heavy atom. The van der Waals surface area contributed by atoms with Crippen LogP contribution in [0.15, 0.2) is 28.7 Å². The van der Waals surface area contributed by atoms with Crippen molar-refractivity contribution in [3.8, 4) is 5.75 Å². The fraction of sp³-hybridized carbons (Fsp3) is 0.467. The molecule has 0 spiro atoms. The first-order valence-electron chi connectivity index (χ1n) is 6.57. The molecule has 1 fully saturated rings. The molecule has 96 valence electrons. The lowest BCUT2D eigenvalue weighted by atomic mass is 9.90. The van der Waals surface area contributed by atoms with Crippen molar-refractivity contribution in [2.24, 2.45) is 5.73 Å². The zero-order valence-electron chi connectivity index (χ0n) is 10.8. The van der Waals surface area contributed by atoms with Crippen LogP contribution in [0, 0.1) is 0 Å². The molecule has 3 heteroatoms. The molecular formula is C15H19NO2. The molecule has 0 aliphatic heterocycles. The predicted octanol–water partition coefficient (Wildman–Crippen LogP) is 3.42. The van der Waals surface area contributed by atoms with Gasteiger partial charge in [0.25, 0.3) is 0 Å². The summed E-state index contributed by atoms with van der Waals surface area (Å²) in [4.78, 5) is 0. The topological polar surface area (TPSA) is 48.4 Å². The lowest BCUT2D eigenvalue weighted by Crippen LogP contribution is -2.43. The second kappa shape index (κ2) is 4.32. The largest absolute Gasteiger partial charge is 0.490 e. The molecule has 1 aromatic carbocycles. The zero-order valence-corrected chi connectivity index (χ0v) is 10.8. The number of hydrogen-bond donors (Lipinski definition) is 1. The van der Waals surface area contributed by atoms with E-state index in [9.17, 15) is 0 Å². The van der Waals surface area contributed by atoms with Crippen LogP contribution in [-0.2, 0) is 0 Å². The van der Waals surface area contributed by atoms with Gasteiger partial charge in [-0.25, -0.2) is 0 Å². The van der Waals surface area contributed by atoms with E-state index in [1.807, 2.05) is 12.1 Å². The van der Waals surface area contributed by atoms with Crippen LogP contribution >= 0.6 is 0 Å².